The van der Waals surface area contributed by atoms with Crippen LogP contribution in [0.15, 0.2) is 24.3 Å². The summed E-state index contributed by atoms with van der Waals surface area (Å²) in [6, 6.07) is 7.37. The quantitative estimate of drug-likeness (QED) is 0.630. The van der Waals surface area contributed by atoms with Crippen molar-refractivity contribution in [3.05, 3.63) is 29.8 Å². The number of para-hydroxylation sites is 1. The van der Waals surface area contributed by atoms with Gasteiger partial charge in [0.2, 0.25) is 0 Å². The van der Waals surface area contributed by atoms with Gasteiger partial charge >= 0.3 is 5.97 Å². The van der Waals surface area contributed by atoms with Crippen molar-refractivity contribution < 1.29 is 9.53 Å². The van der Waals surface area contributed by atoms with Gasteiger partial charge in [0.25, 0.3) is 0 Å². The van der Waals surface area contributed by atoms with E-state index in [0.717, 1.165) is 12.0 Å². The molecule has 0 aliphatic rings. The molecule has 1 aromatic carbocycles. The van der Waals surface area contributed by atoms with Gasteiger partial charge in [-0.3, -0.25) is 4.79 Å². The fraction of sp³-hybridized carbons (Fsp3) is 0.500. The molecule has 17 heavy (non-hydrogen) atoms. The maximum atomic E-state index is 11.7. The predicted octanol–water partition coefficient (Wildman–Crippen LogP) is 2.79. The van der Waals surface area contributed by atoms with Crippen molar-refractivity contribution >= 4 is 11.7 Å². The van der Waals surface area contributed by atoms with E-state index in [1.54, 1.807) is 6.07 Å². The Bertz CT molecular complexity index is 374. The molecule has 1 unspecified atom stereocenters. The van der Waals surface area contributed by atoms with Gasteiger partial charge in [-0.25, -0.2) is 0 Å². The smallest absolute Gasteiger partial charge is 0.310 e. The van der Waals surface area contributed by atoms with Crippen LogP contribution in [0.5, 0.6) is 0 Å². The van der Waals surface area contributed by atoms with Gasteiger partial charge in [0.1, 0.15) is 0 Å². The van der Waals surface area contributed by atoms with E-state index >= 15 is 0 Å². The summed E-state index contributed by atoms with van der Waals surface area (Å²) in [7, 11) is 0. The average molecular weight is 235 g/mol. The van der Waals surface area contributed by atoms with Gasteiger partial charge in [-0.05, 0) is 30.9 Å². The van der Waals surface area contributed by atoms with E-state index in [2.05, 4.69) is 13.8 Å². The van der Waals surface area contributed by atoms with Crippen molar-refractivity contribution in [2.45, 2.75) is 39.7 Å². The number of esters is 1. The summed E-state index contributed by atoms with van der Waals surface area (Å²) in [4.78, 5) is 11.7. The molecule has 1 rings (SSSR count). The molecule has 0 saturated heterocycles. The Morgan fingerprint density at radius 3 is 2.53 bits per heavy atom. The van der Waals surface area contributed by atoms with E-state index in [0.29, 0.717) is 11.6 Å². The number of nitrogens with two attached hydrogens (primary N) is 1. The Morgan fingerprint density at radius 2 is 1.94 bits per heavy atom. The minimum atomic E-state index is -0.212. The monoisotopic (exact) mass is 235 g/mol. The topological polar surface area (TPSA) is 52.3 Å². The third-order valence-corrected chi connectivity index (χ3v) is 2.53. The van der Waals surface area contributed by atoms with Gasteiger partial charge in [0, 0.05) is 5.69 Å². The van der Waals surface area contributed by atoms with Crippen LogP contribution in [0.2, 0.25) is 0 Å². The van der Waals surface area contributed by atoms with E-state index in [1.165, 1.54) is 0 Å². The highest BCUT2D eigenvalue weighted by Crippen LogP contribution is 2.13. The van der Waals surface area contributed by atoms with Crippen LogP contribution in [-0.4, -0.2) is 12.1 Å². The van der Waals surface area contributed by atoms with Crippen molar-refractivity contribution in [1.82, 2.24) is 0 Å². The Morgan fingerprint density at radius 1 is 1.29 bits per heavy atom. The fourth-order valence-electron chi connectivity index (χ4n) is 1.83. The van der Waals surface area contributed by atoms with E-state index in [4.69, 9.17) is 10.5 Å². The van der Waals surface area contributed by atoms with Crippen LogP contribution in [-0.2, 0) is 16.0 Å². The van der Waals surface area contributed by atoms with E-state index in [-0.39, 0.29) is 18.5 Å². The van der Waals surface area contributed by atoms with Gasteiger partial charge in [0.15, 0.2) is 0 Å². The van der Waals surface area contributed by atoms with Crippen LogP contribution in [0.1, 0.15) is 32.8 Å². The second-order valence-corrected chi connectivity index (χ2v) is 4.81. The van der Waals surface area contributed by atoms with Crippen LogP contribution in [0, 0.1) is 5.92 Å². The average Bonchev–Trinajstić information content (AvgIpc) is 2.19. The summed E-state index contributed by atoms with van der Waals surface area (Å²) in [5, 5.41) is 0. The predicted molar refractivity (Wildman–Crippen MR) is 69.6 cm³/mol. The van der Waals surface area contributed by atoms with Crippen LogP contribution in [0.25, 0.3) is 0 Å². The molecule has 1 aromatic rings. The largest absolute Gasteiger partial charge is 0.462 e. The molecule has 0 spiro atoms. The van der Waals surface area contributed by atoms with Gasteiger partial charge < -0.3 is 10.5 Å². The first kappa shape index (κ1) is 13.6. The Labute approximate surface area is 103 Å². The molecule has 94 valence electrons. The molecule has 0 heterocycles. The van der Waals surface area contributed by atoms with E-state index < -0.39 is 0 Å². The fourth-order valence-corrected chi connectivity index (χ4v) is 1.83. The lowest BCUT2D eigenvalue weighted by atomic mass is 10.1. The summed E-state index contributed by atoms with van der Waals surface area (Å²) in [6.07, 6.45) is 1.10. The zero-order chi connectivity index (χ0) is 12.8. The Hall–Kier alpha value is -1.51. The zero-order valence-electron chi connectivity index (χ0n) is 10.8. The minimum Gasteiger partial charge on any atom is -0.462 e. The maximum absolute atomic E-state index is 11.7. The highest BCUT2D eigenvalue weighted by molar-refractivity contribution is 5.74. The number of carbonyl (C=O) groups excluding carboxylic acids is 1. The van der Waals surface area contributed by atoms with Gasteiger partial charge in [-0.2, -0.15) is 0 Å². The molecule has 0 aliphatic carbocycles. The van der Waals surface area contributed by atoms with Crippen LogP contribution < -0.4 is 5.73 Å². The number of ether oxygens (including phenoxy) is 1. The first-order valence-corrected chi connectivity index (χ1v) is 6.02. The number of hydrogen-bond acceptors (Lipinski definition) is 3. The highest BCUT2D eigenvalue weighted by Gasteiger charge is 2.12. The first-order chi connectivity index (χ1) is 7.99. The normalized spacial score (nSPS) is 12.5. The molecule has 0 bridgehead atoms. The number of benzene rings is 1. The van der Waals surface area contributed by atoms with E-state index in [1.807, 2.05) is 25.1 Å². The number of nitrogen functional groups attached to an aromatic ring is 1. The van der Waals surface area contributed by atoms with Crippen molar-refractivity contribution in [1.29, 1.82) is 0 Å². The zero-order valence-corrected chi connectivity index (χ0v) is 10.8. The maximum Gasteiger partial charge on any atom is 0.310 e. The van der Waals surface area contributed by atoms with E-state index in [9.17, 15) is 4.79 Å². The summed E-state index contributed by atoms with van der Waals surface area (Å²) < 4.78 is 5.33. The molecule has 0 aromatic heterocycles. The Kier molecular flexibility index (Phi) is 5.01. The molecule has 0 aliphatic heterocycles. The van der Waals surface area contributed by atoms with Crippen LogP contribution >= 0.6 is 0 Å². The second kappa shape index (κ2) is 6.28. The summed E-state index contributed by atoms with van der Waals surface area (Å²) in [5.74, 6) is 0.315. The third-order valence-electron chi connectivity index (χ3n) is 2.53. The molecular formula is C14H21NO2. The molecule has 0 amide bonds. The lowest BCUT2D eigenvalue weighted by molar-refractivity contribution is -0.148. The van der Waals surface area contributed by atoms with Crippen LogP contribution in [0.3, 0.4) is 0 Å². The molecule has 0 radical (unpaired) electrons. The number of anilines is 1. The van der Waals surface area contributed by atoms with Gasteiger partial charge in [-0.1, -0.05) is 32.0 Å². The molecule has 1 atom stereocenters. The summed E-state index contributed by atoms with van der Waals surface area (Å²) in [5.41, 5.74) is 7.24. The highest BCUT2D eigenvalue weighted by atomic mass is 16.5. The SMILES string of the molecule is CC(C)CC(C)OC(=O)Cc1ccccc1N. The molecule has 3 heteroatoms. The molecule has 0 saturated carbocycles. The lowest BCUT2D eigenvalue weighted by Gasteiger charge is -2.15. The lowest BCUT2D eigenvalue weighted by Crippen LogP contribution is -2.18. The first-order valence-electron chi connectivity index (χ1n) is 6.02. The molecule has 2 N–H and O–H groups in total. The van der Waals surface area contributed by atoms with Gasteiger partial charge in [0.05, 0.1) is 12.5 Å². The van der Waals surface area contributed by atoms with Gasteiger partial charge in [-0.15, -0.1) is 0 Å². The van der Waals surface area contributed by atoms with Crippen molar-refractivity contribution in [2.24, 2.45) is 5.92 Å². The number of carbonyl (C=O) groups is 1. The standard InChI is InChI=1S/C14H21NO2/c1-10(2)8-11(3)17-14(16)9-12-6-4-5-7-13(12)15/h4-7,10-11H,8-9,15H2,1-3H3. The number of rotatable bonds is 5. The van der Waals surface area contributed by atoms with Crippen LogP contribution in [0.4, 0.5) is 5.69 Å². The van der Waals surface area contributed by atoms with Crippen molar-refractivity contribution in [2.75, 3.05) is 5.73 Å². The summed E-state index contributed by atoms with van der Waals surface area (Å²) in [6.45, 7) is 6.14. The Balaban J connectivity index is 2.47. The second-order valence-electron chi connectivity index (χ2n) is 4.81. The van der Waals surface area contributed by atoms with Crippen molar-refractivity contribution in [3.63, 3.8) is 0 Å². The summed E-state index contributed by atoms with van der Waals surface area (Å²) >= 11 is 0. The number of hydrogen-bond donors (Lipinski definition) is 1. The van der Waals surface area contributed by atoms with Crippen molar-refractivity contribution in [3.8, 4) is 0 Å². The third kappa shape index (κ3) is 4.89. The minimum absolute atomic E-state index is 0.0348. The molecular weight excluding hydrogens is 214 g/mol. The molecule has 0 fully saturated rings. The molecule has 3 nitrogen and oxygen atoms in total.